The maximum atomic E-state index is 5.88. The van der Waals surface area contributed by atoms with Crippen molar-refractivity contribution in [3.05, 3.63) is 36.5 Å². The number of nitrogens with zero attached hydrogens (tertiary/aromatic N) is 1. The predicted octanol–water partition coefficient (Wildman–Crippen LogP) is 2.41. The maximum Gasteiger partial charge on any atom is 0.0637 e. The van der Waals surface area contributed by atoms with E-state index in [1.807, 2.05) is 24.1 Å². The van der Waals surface area contributed by atoms with Crippen molar-refractivity contribution >= 4 is 11.4 Å². The zero-order chi connectivity index (χ0) is 9.84. The smallest absolute Gasteiger partial charge is 0.0637 e. The lowest BCUT2D eigenvalue weighted by atomic mass is 10.1. The zero-order valence-electron chi connectivity index (χ0n) is 8.25. The van der Waals surface area contributed by atoms with Gasteiger partial charge in [0.05, 0.1) is 11.4 Å². The summed E-state index contributed by atoms with van der Waals surface area (Å²) in [6, 6.07) is 6.12. The van der Waals surface area contributed by atoms with E-state index in [0.29, 0.717) is 0 Å². The van der Waals surface area contributed by atoms with Gasteiger partial charge in [-0.3, -0.25) is 0 Å². The fraction of sp³-hybridized carbons (Fsp3) is 0.273. The molecule has 0 aliphatic carbocycles. The van der Waals surface area contributed by atoms with Gasteiger partial charge in [-0.1, -0.05) is 19.6 Å². The molecule has 2 nitrogen and oxygen atoms in total. The number of hydrogen-bond donors (Lipinski definition) is 1. The first-order valence-electron chi connectivity index (χ1n) is 4.42. The molecule has 0 bridgehead atoms. The molecule has 1 aromatic rings. The van der Waals surface area contributed by atoms with Gasteiger partial charge in [0.2, 0.25) is 0 Å². The summed E-state index contributed by atoms with van der Waals surface area (Å²) < 4.78 is 0. The van der Waals surface area contributed by atoms with Crippen molar-refractivity contribution < 1.29 is 0 Å². The van der Waals surface area contributed by atoms with E-state index < -0.39 is 0 Å². The van der Waals surface area contributed by atoms with Crippen LogP contribution in [0.4, 0.5) is 11.4 Å². The second kappa shape index (κ2) is 3.99. The number of nitrogen functional groups attached to an aromatic ring is 1. The van der Waals surface area contributed by atoms with Crippen LogP contribution in [0.5, 0.6) is 0 Å². The number of anilines is 2. The number of aryl methyl sites for hydroxylation is 1. The molecule has 0 radical (unpaired) electrons. The quantitative estimate of drug-likeness (QED) is 0.716. The van der Waals surface area contributed by atoms with E-state index in [0.717, 1.165) is 17.8 Å². The lowest BCUT2D eigenvalue weighted by molar-refractivity contribution is 1.13. The highest BCUT2D eigenvalue weighted by Gasteiger charge is 2.01. The Morgan fingerprint density at radius 1 is 1.54 bits per heavy atom. The molecule has 1 rings (SSSR count). The molecule has 1 aromatic carbocycles. The molecule has 70 valence electrons. The van der Waals surface area contributed by atoms with E-state index in [1.54, 1.807) is 6.20 Å². The number of hydrogen-bond acceptors (Lipinski definition) is 2. The van der Waals surface area contributed by atoms with E-state index in [9.17, 15) is 0 Å². The van der Waals surface area contributed by atoms with Gasteiger partial charge in [0.1, 0.15) is 0 Å². The van der Waals surface area contributed by atoms with E-state index >= 15 is 0 Å². The van der Waals surface area contributed by atoms with Crippen LogP contribution >= 0.6 is 0 Å². The summed E-state index contributed by atoms with van der Waals surface area (Å²) in [4.78, 5) is 1.91. The van der Waals surface area contributed by atoms with Crippen LogP contribution in [0.3, 0.4) is 0 Å². The standard InChI is InChI=1S/C11H16N2/c1-4-9-6-7-11(10(12)8-9)13(3)5-2/h5-8H,2,4,12H2,1,3H3. The van der Waals surface area contributed by atoms with Crippen LogP contribution in [-0.2, 0) is 6.42 Å². The molecule has 0 spiro atoms. The van der Waals surface area contributed by atoms with Gasteiger partial charge in [-0.15, -0.1) is 0 Å². The van der Waals surface area contributed by atoms with Gasteiger partial charge >= 0.3 is 0 Å². The summed E-state index contributed by atoms with van der Waals surface area (Å²) in [5, 5.41) is 0. The molecule has 0 heterocycles. The Morgan fingerprint density at radius 3 is 2.69 bits per heavy atom. The summed E-state index contributed by atoms with van der Waals surface area (Å²) in [5.74, 6) is 0. The third-order valence-electron chi connectivity index (χ3n) is 2.15. The number of nitrogens with two attached hydrogens (primary N) is 1. The van der Waals surface area contributed by atoms with E-state index in [1.165, 1.54) is 5.56 Å². The third-order valence-corrected chi connectivity index (χ3v) is 2.15. The molecule has 0 amide bonds. The monoisotopic (exact) mass is 176 g/mol. The van der Waals surface area contributed by atoms with Crippen molar-refractivity contribution in [3.8, 4) is 0 Å². The van der Waals surface area contributed by atoms with Crippen molar-refractivity contribution in [2.45, 2.75) is 13.3 Å². The second-order valence-corrected chi connectivity index (χ2v) is 3.04. The van der Waals surface area contributed by atoms with E-state index in [-0.39, 0.29) is 0 Å². The molecule has 0 aliphatic rings. The highest BCUT2D eigenvalue weighted by molar-refractivity contribution is 5.69. The van der Waals surface area contributed by atoms with Gasteiger partial charge in [-0.25, -0.2) is 0 Å². The third kappa shape index (κ3) is 2.02. The van der Waals surface area contributed by atoms with Gasteiger partial charge < -0.3 is 10.6 Å². The Morgan fingerprint density at radius 2 is 2.23 bits per heavy atom. The Hall–Kier alpha value is -1.44. The fourth-order valence-electron chi connectivity index (χ4n) is 1.24. The molecule has 0 aromatic heterocycles. The van der Waals surface area contributed by atoms with Gasteiger partial charge in [0.15, 0.2) is 0 Å². The van der Waals surface area contributed by atoms with Crippen LogP contribution in [0, 0.1) is 0 Å². The van der Waals surface area contributed by atoms with Gasteiger partial charge in [-0.2, -0.15) is 0 Å². The largest absolute Gasteiger partial charge is 0.397 e. The van der Waals surface area contributed by atoms with E-state index in [2.05, 4.69) is 19.6 Å². The first-order chi connectivity index (χ1) is 6.19. The Bertz CT molecular complexity index is 305. The van der Waals surface area contributed by atoms with E-state index in [4.69, 9.17) is 5.73 Å². The topological polar surface area (TPSA) is 29.3 Å². The Kier molecular flexibility index (Phi) is 2.96. The first-order valence-corrected chi connectivity index (χ1v) is 4.42. The van der Waals surface area contributed by atoms with Gasteiger partial charge in [0, 0.05) is 7.05 Å². The number of benzene rings is 1. The lowest BCUT2D eigenvalue weighted by Gasteiger charge is -2.16. The molecule has 0 unspecified atom stereocenters. The molecule has 0 saturated carbocycles. The van der Waals surface area contributed by atoms with Crippen LogP contribution in [-0.4, -0.2) is 7.05 Å². The zero-order valence-corrected chi connectivity index (χ0v) is 8.25. The normalized spacial score (nSPS) is 9.69. The first kappa shape index (κ1) is 9.65. The van der Waals surface area contributed by atoms with Crippen LogP contribution < -0.4 is 10.6 Å². The van der Waals surface area contributed by atoms with Crippen molar-refractivity contribution in [1.82, 2.24) is 0 Å². The SMILES string of the molecule is C=CN(C)c1ccc(CC)cc1N. The molecule has 0 aliphatic heterocycles. The van der Waals surface area contributed by atoms with Crippen molar-refractivity contribution in [1.29, 1.82) is 0 Å². The van der Waals surface area contributed by atoms with Crippen LogP contribution in [0.25, 0.3) is 0 Å². The molecule has 0 atom stereocenters. The van der Waals surface area contributed by atoms with Crippen molar-refractivity contribution in [2.24, 2.45) is 0 Å². The van der Waals surface area contributed by atoms with Crippen LogP contribution in [0.2, 0.25) is 0 Å². The second-order valence-electron chi connectivity index (χ2n) is 3.04. The van der Waals surface area contributed by atoms with Crippen molar-refractivity contribution in [3.63, 3.8) is 0 Å². The lowest BCUT2D eigenvalue weighted by Crippen LogP contribution is -2.09. The molecule has 2 heteroatoms. The average Bonchev–Trinajstić information content (AvgIpc) is 2.16. The minimum Gasteiger partial charge on any atom is -0.397 e. The minimum atomic E-state index is 0.807. The summed E-state index contributed by atoms with van der Waals surface area (Å²) >= 11 is 0. The van der Waals surface area contributed by atoms with Crippen LogP contribution in [0.15, 0.2) is 31.0 Å². The summed E-state index contributed by atoms with van der Waals surface area (Å²) in [6.07, 6.45) is 2.76. The Labute approximate surface area is 79.7 Å². The van der Waals surface area contributed by atoms with Gasteiger partial charge in [0.25, 0.3) is 0 Å². The average molecular weight is 176 g/mol. The van der Waals surface area contributed by atoms with Gasteiger partial charge in [-0.05, 0) is 30.3 Å². The Balaban J connectivity index is 3.04. The highest BCUT2D eigenvalue weighted by Crippen LogP contribution is 2.23. The molecule has 13 heavy (non-hydrogen) atoms. The molecule has 0 saturated heterocycles. The molecular weight excluding hydrogens is 160 g/mol. The minimum absolute atomic E-state index is 0.807. The van der Waals surface area contributed by atoms with Crippen molar-refractivity contribution in [2.75, 3.05) is 17.7 Å². The molecular formula is C11H16N2. The fourth-order valence-corrected chi connectivity index (χ4v) is 1.24. The summed E-state index contributed by atoms with van der Waals surface area (Å²) in [6.45, 7) is 5.81. The number of rotatable bonds is 3. The molecule has 0 fully saturated rings. The summed E-state index contributed by atoms with van der Waals surface area (Å²) in [5.41, 5.74) is 8.96. The summed E-state index contributed by atoms with van der Waals surface area (Å²) in [7, 11) is 1.93. The predicted molar refractivity (Wildman–Crippen MR) is 58.8 cm³/mol. The maximum absolute atomic E-state index is 5.88. The highest BCUT2D eigenvalue weighted by atomic mass is 15.1. The molecule has 2 N–H and O–H groups in total. The van der Waals surface area contributed by atoms with Crippen LogP contribution in [0.1, 0.15) is 12.5 Å².